The molecule has 0 radical (unpaired) electrons. The van der Waals surface area contributed by atoms with Gasteiger partial charge in [0.05, 0.1) is 11.0 Å². The molecule has 0 aliphatic carbocycles. The largest absolute Gasteiger partial charge is 0.388 e. The van der Waals surface area contributed by atoms with Crippen molar-refractivity contribution in [1.29, 1.82) is 0 Å². The van der Waals surface area contributed by atoms with Gasteiger partial charge in [0.2, 0.25) is 0 Å². The predicted molar refractivity (Wildman–Crippen MR) is 58.2 cm³/mol. The zero-order valence-electron chi connectivity index (χ0n) is 8.55. The number of rotatable bonds is 4. The van der Waals surface area contributed by atoms with E-state index in [1.807, 2.05) is 0 Å². The van der Waals surface area contributed by atoms with Gasteiger partial charge in [-0.05, 0) is 30.7 Å². The molecule has 84 valence electrons. The van der Waals surface area contributed by atoms with E-state index in [1.165, 1.54) is 12.1 Å². The van der Waals surface area contributed by atoms with E-state index in [1.54, 1.807) is 12.1 Å². The van der Waals surface area contributed by atoms with Gasteiger partial charge in [0.15, 0.2) is 9.84 Å². The standard InChI is InChI=1S/C10H15NO3S/c1-15(13,14)9-4-2-3-8(7-9)10(12)5-6-11/h2-4,7,10,12H,5-6,11H2,1H3/t10-/m0/s1. The number of nitrogens with two attached hydrogens (primary N) is 1. The smallest absolute Gasteiger partial charge is 0.175 e. The third-order valence-corrected chi connectivity index (χ3v) is 3.22. The topological polar surface area (TPSA) is 80.4 Å². The van der Waals surface area contributed by atoms with Crippen LogP contribution in [0.25, 0.3) is 0 Å². The summed E-state index contributed by atoms with van der Waals surface area (Å²) in [6.45, 7) is 0.365. The van der Waals surface area contributed by atoms with Crippen molar-refractivity contribution in [2.75, 3.05) is 12.8 Å². The number of sulfone groups is 1. The van der Waals surface area contributed by atoms with E-state index in [2.05, 4.69) is 0 Å². The number of benzene rings is 1. The SMILES string of the molecule is CS(=O)(=O)c1cccc([C@@H](O)CCN)c1. The van der Waals surface area contributed by atoms with Crippen molar-refractivity contribution in [2.45, 2.75) is 17.4 Å². The predicted octanol–water partition coefficient (Wildman–Crippen LogP) is 0.472. The third kappa shape index (κ3) is 3.30. The van der Waals surface area contributed by atoms with Gasteiger partial charge >= 0.3 is 0 Å². The Kier molecular flexibility index (Phi) is 3.84. The Hall–Kier alpha value is -0.910. The number of aliphatic hydroxyl groups excluding tert-OH is 1. The zero-order chi connectivity index (χ0) is 11.5. The van der Waals surface area contributed by atoms with E-state index in [0.29, 0.717) is 18.5 Å². The fourth-order valence-corrected chi connectivity index (χ4v) is 1.95. The molecule has 0 unspecified atom stereocenters. The first-order valence-electron chi connectivity index (χ1n) is 4.63. The fourth-order valence-electron chi connectivity index (χ4n) is 1.28. The van der Waals surface area contributed by atoms with E-state index >= 15 is 0 Å². The van der Waals surface area contributed by atoms with Gasteiger partial charge < -0.3 is 10.8 Å². The lowest BCUT2D eigenvalue weighted by Gasteiger charge is -2.10. The molecule has 1 rings (SSSR count). The summed E-state index contributed by atoms with van der Waals surface area (Å²) in [6.07, 6.45) is 0.867. The molecule has 0 fully saturated rings. The van der Waals surface area contributed by atoms with Crippen LogP contribution in [0.15, 0.2) is 29.2 Å². The summed E-state index contributed by atoms with van der Waals surface area (Å²) in [5, 5.41) is 9.64. The van der Waals surface area contributed by atoms with Crippen molar-refractivity contribution in [3.8, 4) is 0 Å². The molecule has 1 aromatic carbocycles. The molecule has 0 saturated heterocycles. The number of aliphatic hydroxyl groups is 1. The normalized spacial score (nSPS) is 13.8. The molecule has 3 N–H and O–H groups in total. The molecular formula is C10H15NO3S. The van der Waals surface area contributed by atoms with E-state index in [9.17, 15) is 13.5 Å². The molecule has 0 amide bonds. The van der Waals surface area contributed by atoms with Crippen molar-refractivity contribution < 1.29 is 13.5 Å². The van der Waals surface area contributed by atoms with Gasteiger partial charge in [-0.25, -0.2) is 8.42 Å². The Morgan fingerprint density at radius 1 is 1.47 bits per heavy atom. The summed E-state index contributed by atoms with van der Waals surface area (Å²) in [4.78, 5) is 0.219. The second-order valence-electron chi connectivity index (χ2n) is 3.44. The maximum absolute atomic E-state index is 11.3. The van der Waals surface area contributed by atoms with Gasteiger partial charge in [-0.1, -0.05) is 12.1 Å². The van der Waals surface area contributed by atoms with Crippen LogP contribution in [0.2, 0.25) is 0 Å². The first-order valence-corrected chi connectivity index (χ1v) is 6.52. The Balaban J connectivity index is 3.03. The van der Waals surface area contributed by atoms with E-state index < -0.39 is 15.9 Å². The van der Waals surface area contributed by atoms with Crippen molar-refractivity contribution in [3.63, 3.8) is 0 Å². The van der Waals surface area contributed by atoms with Crippen LogP contribution >= 0.6 is 0 Å². The number of hydrogen-bond acceptors (Lipinski definition) is 4. The summed E-state index contributed by atoms with van der Waals surface area (Å²) in [7, 11) is -3.22. The Bertz CT molecular complexity index is 428. The maximum atomic E-state index is 11.3. The van der Waals surface area contributed by atoms with Gasteiger partial charge in [-0.2, -0.15) is 0 Å². The minimum absolute atomic E-state index is 0.219. The minimum atomic E-state index is -3.22. The van der Waals surface area contributed by atoms with Gasteiger partial charge in [-0.15, -0.1) is 0 Å². The van der Waals surface area contributed by atoms with Crippen molar-refractivity contribution in [2.24, 2.45) is 5.73 Å². The molecule has 5 heteroatoms. The van der Waals surface area contributed by atoms with Crippen LogP contribution in [0.3, 0.4) is 0 Å². The summed E-state index contributed by atoms with van der Waals surface area (Å²) in [5.74, 6) is 0. The van der Waals surface area contributed by atoms with Gasteiger partial charge in [0, 0.05) is 6.26 Å². The van der Waals surface area contributed by atoms with E-state index in [-0.39, 0.29) is 4.90 Å². The van der Waals surface area contributed by atoms with Crippen molar-refractivity contribution in [1.82, 2.24) is 0 Å². The van der Waals surface area contributed by atoms with Gasteiger partial charge in [0.25, 0.3) is 0 Å². The molecule has 0 heterocycles. The first-order chi connectivity index (χ1) is 6.95. The van der Waals surface area contributed by atoms with Crippen molar-refractivity contribution >= 4 is 9.84 Å². The number of hydrogen-bond donors (Lipinski definition) is 2. The molecule has 4 nitrogen and oxygen atoms in total. The third-order valence-electron chi connectivity index (χ3n) is 2.11. The zero-order valence-corrected chi connectivity index (χ0v) is 9.37. The molecule has 0 bridgehead atoms. The molecule has 0 saturated carbocycles. The van der Waals surface area contributed by atoms with Crippen LogP contribution in [-0.2, 0) is 9.84 Å². The monoisotopic (exact) mass is 229 g/mol. The lowest BCUT2D eigenvalue weighted by atomic mass is 10.1. The highest BCUT2D eigenvalue weighted by Crippen LogP contribution is 2.19. The molecule has 1 atom stereocenters. The average molecular weight is 229 g/mol. The fraction of sp³-hybridized carbons (Fsp3) is 0.400. The highest BCUT2D eigenvalue weighted by molar-refractivity contribution is 7.90. The molecule has 1 aromatic rings. The molecule has 15 heavy (non-hydrogen) atoms. The Morgan fingerprint density at radius 2 is 2.13 bits per heavy atom. The summed E-state index contributed by atoms with van der Waals surface area (Å²) in [6, 6.07) is 6.30. The van der Waals surface area contributed by atoms with E-state index in [4.69, 9.17) is 5.73 Å². The quantitative estimate of drug-likeness (QED) is 0.786. The molecule has 0 aliphatic heterocycles. The second-order valence-corrected chi connectivity index (χ2v) is 5.45. The van der Waals surface area contributed by atoms with E-state index in [0.717, 1.165) is 6.26 Å². The van der Waals surface area contributed by atoms with Crippen molar-refractivity contribution in [3.05, 3.63) is 29.8 Å². The molecular weight excluding hydrogens is 214 g/mol. The minimum Gasteiger partial charge on any atom is -0.388 e. The highest BCUT2D eigenvalue weighted by Gasteiger charge is 2.11. The van der Waals surface area contributed by atoms with Crippen LogP contribution in [0.4, 0.5) is 0 Å². The molecule has 0 aromatic heterocycles. The Morgan fingerprint density at radius 3 is 2.67 bits per heavy atom. The van der Waals surface area contributed by atoms with Crippen LogP contribution in [0.1, 0.15) is 18.1 Å². The van der Waals surface area contributed by atoms with Crippen LogP contribution in [0.5, 0.6) is 0 Å². The summed E-state index contributed by atoms with van der Waals surface area (Å²) >= 11 is 0. The molecule has 0 aliphatic rings. The lowest BCUT2D eigenvalue weighted by Crippen LogP contribution is -2.07. The summed E-state index contributed by atoms with van der Waals surface area (Å²) < 4.78 is 22.5. The Labute approximate surface area is 89.7 Å². The van der Waals surface area contributed by atoms with Crippen LogP contribution in [-0.4, -0.2) is 26.3 Å². The second kappa shape index (κ2) is 4.74. The average Bonchev–Trinajstić information content (AvgIpc) is 2.17. The maximum Gasteiger partial charge on any atom is 0.175 e. The highest BCUT2D eigenvalue weighted by atomic mass is 32.2. The van der Waals surface area contributed by atoms with Crippen LogP contribution < -0.4 is 5.73 Å². The molecule has 0 spiro atoms. The van der Waals surface area contributed by atoms with Gasteiger partial charge in [0.1, 0.15) is 0 Å². The summed E-state index contributed by atoms with van der Waals surface area (Å²) in [5.41, 5.74) is 5.90. The van der Waals surface area contributed by atoms with Gasteiger partial charge in [-0.3, -0.25) is 0 Å². The van der Waals surface area contributed by atoms with Crippen LogP contribution in [0, 0.1) is 0 Å². The first kappa shape index (κ1) is 12.2. The lowest BCUT2D eigenvalue weighted by molar-refractivity contribution is 0.170.